The van der Waals surface area contributed by atoms with Gasteiger partial charge < -0.3 is 10.5 Å². The number of nitrogens with zero attached hydrogens (tertiary/aromatic N) is 1. The van der Waals surface area contributed by atoms with Crippen LogP contribution in [-0.4, -0.2) is 36.2 Å². The Kier molecular flexibility index (Phi) is 3.73. The number of ether oxygens (including phenoxy) is 1. The molecule has 0 aromatic carbocycles. The molecule has 15 heavy (non-hydrogen) atoms. The first-order chi connectivity index (χ1) is 6.88. The molecule has 2 unspecified atom stereocenters. The molecule has 4 heteroatoms. The summed E-state index contributed by atoms with van der Waals surface area (Å²) in [7, 11) is 1.42. The molecule has 0 amide bonds. The summed E-state index contributed by atoms with van der Waals surface area (Å²) in [6.45, 7) is 7.31. The topological polar surface area (TPSA) is 55.6 Å². The van der Waals surface area contributed by atoms with Gasteiger partial charge in [0, 0.05) is 12.1 Å². The van der Waals surface area contributed by atoms with Crippen molar-refractivity contribution in [2.24, 2.45) is 11.7 Å². The molecule has 2 atom stereocenters. The van der Waals surface area contributed by atoms with Crippen LogP contribution >= 0.6 is 0 Å². The van der Waals surface area contributed by atoms with E-state index < -0.39 is 0 Å². The van der Waals surface area contributed by atoms with E-state index in [1.54, 1.807) is 0 Å². The van der Waals surface area contributed by atoms with Crippen LogP contribution in [0.3, 0.4) is 0 Å². The molecule has 0 aliphatic carbocycles. The monoisotopic (exact) mass is 214 g/mol. The molecule has 0 spiro atoms. The maximum atomic E-state index is 11.5. The smallest absolute Gasteiger partial charge is 0.311 e. The molecule has 2 N–H and O–H groups in total. The summed E-state index contributed by atoms with van der Waals surface area (Å²) >= 11 is 0. The minimum absolute atomic E-state index is 0.00606. The number of rotatable bonds is 1. The highest BCUT2D eigenvalue weighted by Crippen LogP contribution is 2.27. The molecule has 1 fully saturated rings. The van der Waals surface area contributed by atoms with Gasteiger partial charge in [0.1, 0.15) is 0 Å². The van der Waals surface area contributed by atoms with Crippen LogP contribution in [0.5, 0.6) is 0 Å². The van der Waals surface area contributed by atoms with Gasteiger partial charge in [-0.2, -0.15) is 0 Å². The Balaban J connectivity index is 2.75. The van der Waals surface area contributed by atoms with Crippen LogP contribution in [0, 0.1) is 5.92 Å². The lowest BCUT2D eigenvalue weighted by molar-refractivity contribution is -0.151. The second-order valence-corrected chi connectivity index (χ2v) is 5.13. The fraction of sp³-hybridized carbons (Fsp3) is 0.909. The van der Waals surface area contributed by atoms with E-state index in [0.29, 0.717) is 0 Å². The summed E-state index contributed by atoms with van der Waals surface area (Å²) in [4.78, 5) is 13.7. The molecule has 1 saturated heterocycles. The molecular formula is C11H22N2O2. The highest BCUT2D eigenvalue weighted by molar-refractivity contribution is 5.73. The molecule has 0 radical (unpaired) electrons. The van der Waals surface area contributed by atoms with Gasteiger partial charge in [0.05, 0.1) is 19.2 Å². The van der Waals surface area contributed by atoms with E-state index in [-0.39, 0.29) is 23.6 Å². The third-order valence-corrected chi connectivity index (χ3v) is 3.05. The van der Waals surface area contributed by atoms with Gasteiger partial charge in [-0.05, 0) is 33.6 Å². The largest absolute Gasteiger partial charge is 0.469 e. The number of likely N-dealkylation sites (tertiary alicyclic amines) is 1. The molecule has 0 aromatic rings. The zero-order valence-electron chi connectivity index (χ0n) is 10.1. The van der Waals surface area contributed by atoms with Crippen LogP contribution < -0.4 is 5.73 Å². The second-order valence-electron chi connectivity index (χ2n) is 5.13. The highest BCUT2D eigenvalue weighted by atomic mass is 16.5. The zero-order chi connectivity index (χ0) is 11.6. The van der Waals surface area contributed by atoms with Crippen LogP contribution in [0.25, 0.3) is 0 Å². The van der Waals surface area contributed by atoms with Gasteiger partial charge in [-0.3, -0.25) is 9.69 Å². The molecule has 1 aliphatic rings. The Bertz CT molecular complexity index is 235. The van der Waals surface area contributed by atoms with E-state index in [9.17, 15) is 4.79 Å². The third kappa shape index (κ3) is 2.69. The van der Waals surface area contributed by atoms with Gasteiger partial charge in [0.2, 0.25) is 0 Å². The van der Waals surface area contributed by atoms with Crippen molar-refractivity contribution in [2.45, 2.75) is 45.3 Å². The van der Waals surface area contributed by atoms with Gasteiger partial charge >= 0.3 is 5.97 Å². The van der Waals surface area contributed by atoms with Gasteiger partial charge in [-0.25, -0.2) is 0 Å². The Hall–Kier alpha value is -0.610. The molecule has 1 aliphatic heterocycles. The Morgan fingerprint density at radius 2 is 2.07 bits per heavy atom. The van der Waals surface area contributed by atoms with E-state index >= 15 is 0 Å². The van der Waals surface area contributed by atoms with Crippen LogP contribution in [0.2, 0.25) is 0 Å². The van der Waals surface area contributed by atoms with Crippen molar-refractivity contribution >= 4 is 5.97 Å². The summed E-state index contributed by atoms with van der Waals surface area (Å²) in [6.07, 6.45) is 1.62. The standard InChI is InChI=1S/C11H22N2O2/c1-11(2,3)13-7-5-6-8(9(13)12)10(14)15-4/h8-9H,5-7,12H2,1-4H3. The average molecular weight is 214 g/mol. The fourth-order valence-corrected chi connectivity index (χ4v) is 2.21. The van der Waals surface area contributed by atoms with Crippen molar-refractivity contribution in [2.75, 3.05) is 13.7 Å². The van der Waals surface area contributed by atoms with E-state index in [4.69, 9.17) is 10.5 Å². The first kappa shape index (κ1) is 12.5. The average Bonchev–Trinajstić information content (AvgIpc) is 2.15. The predicted octanol–water partition coefficient (Wildman–Crippen LogP) is 0.955. The van der Waals surface area contributed by atoms with Crippen LogP contribution in [0.4, 0.5) is 0 Å². The summed E-state index contributed by atoms with van der Waals surface area (Å²) in [5.74, 6) is -0.362. The summed E-state index contributed by atoms with van der Waals surface area (Å²) in [5, 5.41) is 0. The Morgan fingerprint density at radius 3 is 2.53 bits per heavy atom. The quantitative estimate of drug-likeness (QED) is 0.660. The van der Waals surface area contributed by atoms with Crippen LogP contribution in [0.1, 0.15) is 33.6 Å². The van der Waals surface area contributed by atoms with Gasteiger partial charge in [0.15, 0.2) is 0 Å². The minimum Gasteiger partial charge on any atom is -0.469 e. The number of esters is 1. The summed E-state index contributed by atoms with van der Waals surface area (Å²) < 4.78 is 4.78. The van der Waals surface area contributed by atoms with E-state index in [1.807, 2.05) is 0 Å². The molecular weight excluding hydrogens is 192 g/mol. The van der Waals surface area contributed by atoms with Gasteiger partial charge in [-0.15, -0.1) is 0 Å². The van der Waals surface area contributed by atoms with Crippen molar-refractivity contribution in [3.63, 3.8) is 0 Å². The molecule has 1 heterocycles. The number of hydrogen-bond acceptors (Lipinski definition) is 4. The number of hydrogen-bond donors (Lipinski definition) is 1. The van der Waals surface area contributed by atoms with E-state index in [2.05, 4.69) is 25.7 Å². The Morgan fingerprint density at radius 1 is 1.47 bits per heavy atom. The molecule has 0 aromatic heterocycles. The van der Waals surface area contributed by atoms with Gasteiger partial charge in [0.25, 0.3) is 0 Å². The fourth-order valence-electron chi connectivity index (χ4n) is 2.21. The first-order valence-corrected chi connectivity index (χ1v) is 5.48. The zero-order valence-corrected chi connectivity index (χ0v) is 10.1. The van der Waals surface area contributed by atoms with Crippen molar-refractivity contribution in [1.82, 2.24) is 4.90 Å². The lowest BCUT2D eigenvalue weighted by Gasteiger charge is -2.45. The predicted molar refractivity (Wildman–Crippen MR) is 59.2 cm³/mol. The molecule has 88 valence electrons. The first-order valence-electron chi connectivity index (χ1n) is 5.48. The SMILES string of the molecule is COC(=O)C1CCCN(C(C)(C)C)C1N. The molecule has 1 rings (SSSR count). The van der Waals surface area contributed by atoms with Crippen molar-refractivity contribution < 1.29 is 9.53 Å². The normalized spacial score (nSPS) is 28.9. The lowest BCUT2D eigenvalue weighted by Crippen LogP contribution is -2.59. The summed E-state index contributed by atoms with van der Waals surface area (Å²) in [6, 6.07) is 0. The number of methoxy groups -OCH3 is 1. The molecule has 0 saturated carbocycles. The number of carbonyl (C=O) groups is 1. The van der Waals surface area contributed by atoms with Gasteiger partial charge in [-0.1, -0.05) is 0 Å². The van der Waals surface area contributed by atoms with E-state index in [0.717, 1.165) is 19.4 Å². The number of piperidine rings is 1. The van der Waals surface area contributed by atoms with Crippen molar-refractivity contribution in [3.05, 3.63) is 0 Å². The number of nitrogens with two attached hydrogens (primary N) is 1. The van der Waals surface area contributed by atoms with Crippen LogP contribution in [-0.2, 0) is 9.53 Å². The molecule has 0 bridgehead atoms. The Labute approximate surface area is 91.8 Å². The second kappa shape index (κ2) is 4.49. The number of carbonyl (C=O) groups excluding carboxylic acids is 1. The lowest BCUT2D eigenvalue weighted by atomic mass is 9.90. The summed E-state index contributed by atoms with van der Waals surface area (Å²) in [5.41, 5.74) is 6.12. The van der Waals surface area contributed by atoms with Crippen molar-refractivity contribution in [1.29, 1.82) is 0 Å². The maximum absolute atomic E-state index is 11.5. The third-order valence-electron chi connectivity index (χ3n) is 3.05. The minimum atomic E-state index is -0.216. The molecule has 4 nitrogen and oxygen atoms in total. The van der Waals surface area contributed by atoms with Crippen LogP contribution in [0.15, 0.2) is 0 Å². The highest BCUT2D eigenvalue weighted by Gasteiger charge is 2.38. The van der Waals surface area contributed by atoms with Crippen molar-refractivity contribution in [3.8, 4) is 0 Å². The van der Waals surface area contributed by atoms with E-state index in [1.165, 1.54) is 7.11 Å². The maximum Gasteiger partial charge on any atom is 0.311 e.